The van der Waals surface area contributed by atoms with E-state index < -0.39 is 0 Å². The maximum atomic E-state index is 2.61. The van der Waals surface area contributed by atoms with Crippen LogP contribution in [0.2, 0.25) is 0 Å². The van der Waals surface area contributed by atoms with Crippen LogP contribution in [0.4, 0.5) is 0 Å². The van der Waals surface area contributed by atoms with Gasteiger partial charge in [0.15, 0.2) is 0 Å². The van der Waals surface area contributed by atoms with Gasteiger partial charge in [0, 0.05) is 0 Å². The van der Waals surface area contributed by atoms with Crippen LogP contribution < -0.4 is 0 Å². The summed E-state index contributed by atoms with van der Waals surface area (Å²) in [5.41, 5.74) is 0.505. The molecule has 1 aliphatic carbocycles. The normalized spacial score (nSPS) is 19.9. The summed E-state index contributed by atoms with van der Waals surface area (Å²) in [5.74, 6) is 5.19. The third kappa shape index (κ3) is 16.4. The zero-order valence-corrected chi connectivity index (χ0v) is 22.2. The van der Waals surface area contributed by atoms with E-state index in [0.717, 1.165) is 35.5 Å². The third-order valence-corrected chi connectivity index (χ3v) is 7.44. The van der Waals surface area contributed by atoms with Crippen molar-refractivity contribution < 1.29 is 0 Å². The maximum absolute atomic E-state index is 2.61. The van der Waals surface area contributed by atoms with E-state index in [1.165, 1.54) is 64.2 Å². The first-order valence-corrected chi connectivity index (χ1v) is 13.2. The summed E-state index contributed by atoms with van der Waals surface area (Å²) in [4.78, 5) is 0. The first kappa shape index (κ1) is 39.0. The predicted octanol–water partition coefficient (Wildman–Crippen LogP) is 12.2. The van der Waals surface area contributed by atoms with Gasteiger partial charge in [-0.25, -0.2) is 0 Å². The molecule has 0 saturated carbocycles. The summed E-state index contributed by atoms with van der Waals surface area (Å²) in [6.07, 6.45) is 18.6. The summed E-state index contributed by atoms with van der Waals surface area (Å²) in [6.45, 7) is 23.9. The quantitative estimate of drug-likeness (QED) is 0.257. The zero-order valence-electron chi connectivity index (χ0n) is 22.2. The Balaban J connectivity index is -0.000000616. The first-order valence-electron chi connectivity index (χ1n) is 13.2. The minimum atomic E-state index is 0. The topological polar surface area (TPSA) is 0 Å². The van der Waals surface area contributed by atoms with E-state index in [0.29, 0.717) is 5.41 Å². The molecular weight excluding hydrogens is 384 g/mol. The van der Waals surface area contributed by atoms with Crippen LogP contribution in [-0.2, 0) is 0 Å². The van der Waals surface area contributed by atoms with E-state index in [1.54, 1.807) is 0 Å². The number of rotatable bonds is 12. The molecule has 0 amide bonds. The van der Waals surface area contributed by atoms with Crippen molar-refractivity contribution in [1.29, 1.82) is 0 Å². The second-order valence-electron chi connectivity index (χ2n) is 11.6. The SMILES string of the molecule is C.C.C.CCC.CCC(C)C(C)C(C)(CCC(CC(C)C)CC1CC=CCC1)CC(C)C. The molecule has 0 radical (unpaired) electrons. The van der Waals surface area contributed by atoms with Crippen molar-refractivity contribution in [1.82, 2.24) is 0 Å². The van der Waals surface area contributed by atoms with E-state index in [2.05, 4.69) is 81.4 Å². The highest BCUT2D eigenvalue weighted by Crippen LogP contribution is 2.45. The fourth-order valence-electron chi connectivity index (χ4n) is 5.56. The molecule has 1 rings (SSSR count). The molecule has 0 spiro atoms. The van der Waals surface area contributed by atoms with Gasteiger partial charge in [0.25, 0.3) is 0 Å². The molecule has 0 aliphatic heterocycles. The second kappa shape index (κ2) is 21.3. The lowest BCUT2D eigenvalue weighted by Gasteiger charge is -2.42. The van der Waals surface area contributed by atoms with Gasteiger partial charge in [0.1, 0.15) is 0 Å². The fourth-order valence-corrected chi connectivity index (χ4v) is 5.56. The van der Waals surface area contributed by atoms with E-state index in [1.807, 2.05) is 0 Å². The summed E-state index contributed by atoms with van der Waals surface area (Å²) in [7, 11) is 0. The molecule has 0 aromatic heterocycles. The molecule has 198 valence electrons. The third-order valence-electron chi connectivity index (χ3n) is 7.44. The molecule has 0 saturated heterocycles. The van der Waals surface area contributed by atoms with Crippen LogP contribution in [0.5, 0.6) is 0 Å². The van der Waals surface area contributed by atoms with Crippen LogP contribution in [0.1, 0.15) is 156 Å². The first-order chi connectivity index (χ1) is 13.6. The average Bonchev–Trinajstić information content (AvgIpc) is 2.65. The molecule has 0 aromatic rings. The van der Waals surface area contributed by atoms with Gasteiger partial charge >= 0.3 is 0 Å². The van der Waals surface area contributed by atoms with Gasteiger partial charge in [-0.15, -0.1) is 0 Å². The molecule has 5 unspecified atom stereocenters. The summed E-state index contributed by atoms with van der Waals surface area (Å²) < 4.78 is 0. The van der Waals surface area contributed by atoms with Crippen LogP contribution in [0, 0.1) is 40.9 Å². The molecule has 0 aromatic carbocycles. The van der Waals surface area contributed by atoms with Crippen LogP contribution in [0.25, 0.3) is 0 Å². The maximum Gasteiger partial charge on any atom is -0.0295 e. The Labute approximate surface area is 208 Å². The lowest BCUT2D eigenvalue weighted by Crippen LogP contribution is -2.32. The lowest BCUT2D eigenvalue weighted by molar-refractivity contribution is 0.0857. The summed E-state index contributed by atoms with van der Waals surface area (Å²) in [5, 5.41) is 0. The van der Waals surface area contributed by atoms with Gasteiger partial charge in [0.05, 0.1) is 0 Å². The fraction of sp³-hybridized carbons (Fsp3) is 0.938. The summed E-state index contributed by atoms with van der Waals surface area (Å²) in [6, 6.07) is 0. The highest BCUT2D eigenvalue weighted by atomic mass is 14.4. The molecular formula is C32H70. The Morgan fingerprint density at radius 1 is 0.875 bits per heavy atom. The van der Waals surface area contributed by atoms with Gasteiger partial charge in [-0.1, -0.05) is 117 Å². The van der Waals surface area contributed by atoms with Gasteiger partial charge in [-0.05, 0) is 92.3 Å². The van der Waals surface area contributed by atoms with E-state index >= 15 is 0 Å². The molecule has 0 bridgehead atoms. The van der Waals surface area contributed by atoms with Gasteiger partial charge < -0.3 is 0 Å². The zero-order chi connectivity index (χ0) is 22.4. The van der Waals surface area contributed by atoms with Crippen LogP contribution in [0.15, 0.2) is 12.2 Å². The highest BCUT2D eigenvalue weighted by Gasteiger charge is 2.35. The van der Waals surface area contributed by atoms with Crippen molar-refractivity contribution in [3.05, 3.63) is 12.2 Å². The molecule has 0 N–H and O–H groups in total. The predicted molar refractivity (Wildman–Crippen MR) is 156 cm³/mol. The molecule has 1 aliphatic rings. The molecule has 32 heavy (non-hydrogen) atoms. The lowest BCUT2D eigenvalue weighted by atomic mass is 9.64. The van der Waals surface area contributed by atoms with Crippen molar-refractivity contribution in [2.24, 2.45) is 40.9 Å². The Kier molecular flexibility index (Phi) is 25.9. The molecule has 5 atom stereocenters. The van der Waals surface area contributed by atoms with Gasteiger partial charge in [-0.3, -0.25) is 0 Å². The van der Waals surface area contributed by atoms with Crippen molar-refractivity contribution in [2.75, 3.05) is 0 Å². The van der Waals surface area contributed by atoms with E-state index in [-0.39, 0.29) is 22.3 Å². The highest BCUT2D eigenvalue weighted by molar-refractivity contribution is 4.91. The molecule has 0 heterocycles. The molecule has 0 fully saturated rings. The smallest absolute Gasteiger partial charge is 0.0295 e. The Morgan fingerprint density at radius 2 is 1.44 bits per heavy atom. The summed E-state index contributed by atoms with van der Waals surface area (Å²) >= 11 is 0. The number of hydrogen-bond donors (Lipinski definition) is 0. The molecule has 0 heteroatoms. The van der Waals surface area contributed by atoms with Crippen LogP contribution in [0.3, 0.4) is 0 Å². The van der Waals surface area contributed by atoms with Crippen molar-refractivity contribution in [3.63, 3.8) is 0 Å². The van der Waals surface area contributed by atoms with Crippen LogP contribution in [-0.4, -0.2) is 0 Å². The largest absolute Gasteiger partial charge is 0.0885 e. The Morgan fingerprint density at radius 3 is 1.84 bits per heavy atom. The van der Waals surface area contributed by atoms with Crippen molar-refractivity contribution in [2.45, 2.75) is 156 Å². The number of hydrogen-bond acceptors (Lipinski definition) is 0. The minimum absolute atomic E-state index is 0. The Hall–Kier alpha value is -0.260. The van der Waals surface area contributed by atoms with Gasteiger partial charge in [-0.2, -0.15) is 0 Å². The van der Waals surface area contributed by atoms with Gasteiger partial charge in [0.2, 0.25) is 0 Å². The second-order valence-corrected chi connectivity index (χ2v) is 11.6. The number of allylic oxidation sites excluding steroid dienone is 2. The van der Waals surface area contributed by atoms with Crippen LogP contribution >= 0.6 is 0 Å². The average molecular weight is 455 g/mol. The van der Waals surface area contributed by atoms with E-state index in [9.17, 15) is 0 Å². The van der Waals surface area contributed by atoms with Crippen molar-refractivity contribution in [3.8, 4) is 0 Å². The Bertz CT molecular complexity index is 404. The standard InChI is InChI=1S/C26H50.C3H8.3CH4/c1-9-22(6)23(7)26(8,19-21(4)5)16-15-25(17-20(2)3)18-24-13-11-10-12-14-24;1-3-2;;;/h10-11,20-25H,9,12-19H2,1-8H3;3H2,1-2H3;3*1H4. The molecule has 0 nitrogen and oxygen atoms in total. The van der Waals surface area contributed by atoms with E-state index in [4.69, 9.17) is 0 Å². The monoisotopic (exact) mass is 455 g/mol. The van der Waals surface area contributed by atoms with Crippen molar-refractivity contribution >= 4 is 0 Å². The minimum Gasteiger partial charge on any atom is -0.0885 e.